The molecule has 0 aromatic rings. The third-order valence-electron chi connectivity index (χ3n) is 5.13. The Morgan fingerprint density at radius 1 is 0.583 bits per heavy atom. The van der Waals surface area contributed by atoms with E-state index in [1.807, 2.05) is 0 Å². The van der Waals surface area contributed by atoms with Crippen LogP contribution in [-0.4, -0.2) is 5.24 Å². The second kappa shape index (κ2) is 19.3. The van der Waals surface area contributed by atoms with Crippen molar-refractivity contribution in [2.45, 2.75) is 129 Å². The van der Waals surface area contributed by atoms with E-state index in [1.54, 1.807) is 0 Å². The number of hydrogen-bond acceptors (Lipinski definition) is 1. The second-order valence-corrected chi connectivity index (χ2v) is 7.90. The predicted molar refractivity (Wildman–Crippen MR) is 109 cm³/mol. The van der Waals surface area contributed by atoms with E-state index in [9.17, 15) is 4.79 Å². The number of carbonyl (C=O) groups excluding carboxylic acids is 1. The summed E-state index contributed by atoms with van der Waals surface area (Å²) < 4.78 is 0. The van der Waals surface area contributed by atoms with Crippen molar-refractivity contribution < 1.29 is 4.79 Å². The van der Waals surface area contributed by atoms with Crippen molar-refractivity contribution in [3.8, 4) is 0 Å². The minimum Gasteiger partial charge on any atom is -0.281 e. The first-order valence-electron chi connectivity index (χ1n) is 10.9. The Kier molecular flexibility index (Phi) is 19.3. The zero-order valence-electron chi connectivity index (χ0n) is 16.6. The normalized spacial score (nSPS) is 11.3. The maximum absolute atomic E-state index is 11.6. The van der Waals surface area contributed by atoms with Crippen molar-refractivity contribution >= 4 is 16.8 Å². The van der Waals surface area contributed by atoms with Crippen LogP contribution in [0.4, 0.5) is 0 Å². The van der Waals surface area contributed by atoms with Crippen LogP contribution in [0.5, 0.6) is 0 Å². The lowest BCUT2D eigenvalue weighted by Gasteiger charge is -2.12. The third kappa shape index (κ3) is 16.8. The average molecular weight is 359 g/mol. The molecule has 0 unspecified atom stereocenters. The molecule has 0 aliphatic rings. The maximum Gasteiger partial charge on any atom is 0.224 e. The lowest BCUT2D eigenvalue weighted by Crippen LogP contribution is -2.08. The van der Waals surface area contributed by atoms with Gasteiger partial charge in [0.05, 0.1) is 0 Å². The Morgan fingerprint density at radius 2 is 0.875 bits per heavy atom. The van der Waals surface area contributed by atoms with E-state index in [0.717, 1.165) is 12.8 Å². The van der Waals surface area contributed by atoms with Gasteiger partial charge in [0.25, 0.3) is 0 Å². The molecule has 0 atom stereocenters. The molecule has 0 bridgehead atoms. The Hall–Kier alpha value is -0.0400. The van der Waals surface area contributed by atoms with Crippen LogP contribution >= 0.6 is 11.6 Å². The van der Waals surface area contributed by atoms with Gasteiger partial charge in [0.15, 0.2) is 0 Å². The van der Waals surface area contributed by atoms with Crippen LogP contribution in [-0.2, 0) is 4.79 Å². The van der Waals surface area contributed by atoms with E-state index < -0.39 is 0 Å². The summed E-state index contributed by atoms with van der Waals surface area (Å²) in [5, 5.41) is -0.0964. The molecule has 144 valence electrons. The van der Waals surface area contributed by atoms with Crippen LogP contribution in [0.1, 0.15) is 129 Å². The molecule has 24 heavy (non-hydrogen) atoms. The van der Waals surface area contributed by atoms with Gasteiger partial charge in [0, 0.05) is 5.92 Å². The van der Waals surface area contributed by atoms with Crippen molar-refractivity contribution in [2.24, 2.45) is 5.92 Å². The number of rotatable bonds is 19. The van der Waals surface area contributed by atoms with Gasteiger partial charge in [-0.2, -0.15) is 0 Å². The molecule has 0 heterocycles. The Labute approximate surface area is 157 Å². The van der Waals surface area contributed by atoms with E-state index in [1.165, 1.54) is 103 Å². The Bertz CT molecular complexity index is 245. The lowest BCUT2D eigenvalue weighted by molar-refractivity contribution is -0.115. The van der Waals surface area contributed by atoms with Crippen LogP contribution < -0.4 is 0 Å². The summed E-state index contributed by atoms with van der Waals surface area (Å²) in [5.41, 5.74) is 0. The van der Waals surface area contributed by atoms with Crippen molar-refractivity contribution in [3.05, 3.63) is 0 Å². The number of unbranched alkanes of at least 4 members (excludes halogenated alkanes) is 14. The largest absolute Gasteiger partial charge is 0.281 e. The molecule has 0 amide bonds. The van der Waals surface area contributed by atoms with E-state index >= 15 is 0 Å². The number of hydrogen-bond donors (Lipinski definition) is 0. The first-order valence-corrected chi connectivity index (χ1v) is 11.3. The van der Waals surface area contributed by atoms with Crippen molar-refractivity contribution in [1.82, 2.24) is 0 Å². The van der Waals surface area contributed by atoms with Crippen molar-refractivity contribution in [1.29, 1.82) is 0 Å². The monoisotopic (exact) mass is 358 g/mol. The summed E-state index contributed by atoms with van der Waals surface area (Å²) in [6.45, 7) is 4.52. The highest BCUT2D eigenvalue weighted by atomic mass is 35.5. The zero-order valence-corrected chi connectivity index (χ0v) is 17.3. The van der Waals surface area contributed by atoms with Gasteiger partial charge in [0.1, 0.15) is 0 Å². The topological polar surface area (TPSA) is 17.1 Å². The van der Waals surface area contributed by atoms with Gasteiger partial charge in [0.2, 0.25) is 5.24 Å². The summed E-state index contributed by atoms with van der Waals surface area (Å²) in [7, 11) is 0. The Balaban J connectivity index is 3.49. The fourth-order valence-corrected chi connectivity index (χ4v) is 3.64. The molecule has 0 aliphatic heterocycles. The van der Waals surface area contributed by atoms with E-state index in [2.05, 4.69) is 13.8 Å². The molecule has 0 rings (SSSR count). The minimum absolute atomic E-state index is 0.0964. The van der Waals surface area contributed by atoms with Gasteiger partial charge >= 0.3 is 0 Å². The first-order chi connectivity index (χ1) is 11.7. The minimum atomic E-state index is -0.0964. The smallest absolute Gasteiger partial charge is 0.224 e. The predicted octanol–water partition coefficient (Wildman–Crippen LogP) is 8.43. The molecule has 2 heteroatoms. The lowest BCUT2D eigenvalue weighted by atomic mass is 9.95. The molecule has 0 N–H and O–H groups in total. The summed E-state index contributed by atoms with van der Waals surface area (Å²) in [6.07, 6.45) is 23.2. The molecule has 0 aromatic carbocycles. The first kappa shape index (κ1) is 24.0. The van der Waals surface area contributed by atoms with Crippen molar-refractivity contribution in [3.63, 3.8) is 0 Å². The van der Waals surface area contributed by atoms with Crippen LogP contribution in [0.3, 0.4) is 0 Å². The average Bonchev–Trinajstić information content (AvgIpc) is 2.57. The summed E-state index contributed by atoms with van der Waals surface area (Å²) in [5.74, 6) is 0.117. The SMILES string of the molecule is CCCCCCCCCCC(CCCCCCCCCC)C(=O)Cl. The number of carbonyl (C=O) groups is 1. The second-order valence-electron chi connectivity index (χ2n) is 7.53. The molecule has 1 nitrogen and oxygen atoms in total. The molecule has 0 fully saturated rings. The maximum atomic E-state index is 11.6. The van der Waals surface area contributed by atoms with E-state index in [0.29, 0.717) is 0 Å². The highest BCUT2D eigenvalue weighted by molar-refractivity contribution is 6.63. The van der Waals surface area contributed by atoms with E-state index in [-0.39, 0.29) is 11.2 Å². The fraction of sp³-hybridized carbons (Fsp3) is 0.955. The summed E-state index contributed by atoms with van der Waals surface area (Å²) in [4.78, 5) is 11.6. The summed E-state index contributed by atoms with van der Waals surface area (Å²) in [6, 6.07) is 0. The molecule has 0 spiro atoms. The molecule has 0 aliphatic carbocycles. The highest BCUT2D eigenvalue weighted by Crippen LogP contribution is 2.21. The van der Waals surface area contributed by atoms with Crippen LogP contribution in [0.25, 0.3) is 0 Å². The van der Waals surface area contributed by atoms with Crippen LogP contribution in [0.2, 0.25) is 0 Å². The molecule has 0 radical (unpaired) electrons. The summed E-state index contributed by atoms with van der Waals surface area (Å²) >= 11 is 5.80. The van der Waals surface area contributed by atoms with E-state index in [4.69, 9.17) is 11.6 Å². The number of halogens is 1. The molecule has 0 saturated heterocycles. The van der Waals surface area contributed by atoms with Gasteiger partial charge in [-0.05, 0) is 24.4 Å². The zero-order chi connectivity index (χ0) is 17.9. The third-order valence-corrected chi connectivity index (χ3v) is 5.44. The fourth-order valence-electron chi connectivity index (χ4n) is 3.42. The van der Waals surface area contributed by atoms with Crippen LogP contribution in [0.15, 0.2) is 0 Å². The van der Waals surface area contributed by atoms with Gasteiger partial charge < -0.3 is 0 Å². The molecular weight excluding hydrogens is 316 g/mol. The Morgan fingerprint density at radius 3 is 1.17 bits per heavy atom. The van der Waals surface area contributed by atoms with Gasteiger partial charge in [-0.1, -0.05) is 117 Å². The quantitative estimate of drug-likeness (QED) is 0.167. The molecule has 0 aromatic heterocycles. The van der Waals surface area contributed by atoms with Crippen LogP contribution in [0, 0.1) is 5.92 Å². The standard InChI is InChI=1S/C22H43ClO/c1-3-5-7-9-11-13-15-17-19-21(22(23)24)20-18-16-14-12-10-8-6-4-2/h21H,3-20H2,1-2H3. The van der Waals surface area contributed by atoms with Crippen molar-refractivity contribution in [2.75, 3.05) is 0 Å². The molecular formula is C22H43ClO. The highest BCUT2D eigenvalue weighted by Gasteiger charge is 2.15. The molecule has 0 saturated carbocycles. The van der Waals surface area contributed by atoms with Gasteiger partial charge in [-0.3, -0.25) is 4.79 Å². The van der Waals surface area contributed by atoms with Gasteiger partial charge in [-0.25, -0.2) is 0 Å². The van der Waals surface area contributed by atoms with Gasteiger partial charge in [-0.15, -0.1) is 0 Å².